The van der Waals surface area contributed by atoms with Gasteiger partial charge in [-0.15, -0.1) is 11.3 Å². The van der Waals surface area contributed by atoms with E-state index < -0.39 is 6.10 Å². The Balaban J connectivity index is 2.25. The number of aliphatic hydroxyl groups excluding tert-OH is 1. The van der Waals surface area contributed by atoms with Crippen LogP contribution >= 0.6 is 22.9 Å². The Morgan fingerprint density at radius 3 is 2.74 bits per heavy atom. The highest BCUT2D eigenvalue weighted by Crippen LogP contribution is 2.29. The molecule has 0 radical (unpaired) electrons. The van der Waals surface area contributed by atoms with Crippen molar-refractivity contribution in [2.45, 2.75) is 46.3 Å². The summed E-state index contributed by atoms with van der Waals surface area (Å²) in [6.45, 7) is 6.74. The van der Waals surface area contributed by atoms with E-state index in [1.54, 1.807) is 6.20 Å². The van der Waals surface area contributed by atoms with E-state index in [1.807, 2.05) is 25.5 Å². The van der Waals surface area contributed by atoms with E-state index in [2.05, 4.69) is 10.1 Å². The van der Waals surface area contributed by atoms with E-state index in [-0.39, 0.29) is 0 Å². The minimum Gasteiger partial charge on any atom is -0.387 e. The average molecular weight is 300 g/mol. The smallest absolute Gasteiger partial charge is 0.0953 e. The first-order valence-electron chi connectivity index (χ1n) is 6.41. The second kappa shape index (κ2) is 6.03. The monoisotopic (exact) mass is 299 g/mol. The molecule has 2 aromatic heterocycles. The topological polar surface area (TPSA) is 50.9 Å². The van der Waals surface area contributed by atoms with Gasteiger partial charge in [0.1, 0.15) is 0 Å². The molecule has 2 rings (SSSR count). The molecule has 1 N–H and O–H groups in total. The molecule has 2 heterocycles. The minimum absolute atomic E-state index is 0.474. The van der Waals surface area contributed by atoms with E-state index in [0.717, 1.165) is 34.2 Å². The van der Waals surface area contributed by atoms with Crippen LogP contribution in [0.5, 0.6) is 0 Å². The van der Waals surface area contributed by atoms with Crippen LogP contribution < -0.4 is 0 Å². The van der Waals surface area contributed by atoms with Gasteiger partial charge in [0, 0.05) is 19.2 Å². The van der Waals surface area contributed by atoms with Crippen LogP contribution in [-0.2, 0) is 19.4 Å². The molecule has 104 valence electrons. The molecule has 0 saturated heterocycles. The Bertz CT molecular complexity index is 564. The number of hydrogen-bond donors (Lipinski definition) is 1. The molecule has 1 unspecified atom stereocenters. The lowest BCUT2D eigenvalue weighted by Crippen LogP contribution is -2.08. The first-order valence-corrected chi connectivity index (χ1v) is 7.60. The van der Waals surface area contributed by atoms with Crippen LogP contribution in [0.4, 0.5) is 0 Å². The summed E-state index contributed by atoms with van der Waals surface area (Å²) in [6.07, 6.45) is 2.43. The second-order valence-electron chi connectivity index (χ2n) is 4.38. The van der Waals surface area contributed by atoms with E-state index >= 15 is 0 Å². The summed E-state index contributed by atoms with van der Waals surface area (Å²) in [7, 11) is 0. The van der Waals surface area contributed by atoms with Gasteiger partial charge in [0.15, 0.2) is 0 Å². The predicted molar refractivity (Wildman–Crippen MR) is 77.8 cm³/mol. The predicted octanol–water partition coefficient (Wildman–Crippen LogP) is 3.16. The number of halogens is 1. The fourth-order valence-corrected chi connectivity index (χ4v) is 3.15. The Kier molecular flexibility index (Phi) is 4.60. The SMILES string of the molecule is CCc1nn(CC)c(CC(O)c2cnc(C)s2)c1Cl. The lowest BCUT2D eigenvalue weighted by molar-refractivity contribution is 0.179. The van der Waals surface area contributed by atoms with Crippen molar-refractivity contribution in [1.82, 2.24) is 14.8 Å². The van der Waals surface area contributed by atoms with Crippen LogP contribution in [-0.4, -0.2) is 19.9 Å². The van der Waals surface area contributed by atoms with Crippen LogP contribution in [0.25, 0.3) is 0 Å². The maximum absolute atomic E-state index is 10.3. The molecule has 0 aliphatic heterocycles. The summed E-state index contributed by atoms with van der Waals surface area (Å²) < 4.78 is 1.87. The summed E-state index contributed by atoms with van der Waals surface area (Å²) in [5, 5.41) is 16.4. The Labute approximate surface area is 122 Å². The molecule has 4 nitrogen and oxygen atoms in total. The summed E-state index contributed by atoms with van der Waals surface area (Å²) in [5.74, 6) is 0. The Morgan fingerprint density at radius 1 is 1.47 bits per heavy atom. The number of thiazole rings is 1. The van der Waals surface area contributed by atoms with Crippen molar-refractivity contribution in [3.05, 3.63) is 32.5 Å². The molecule has 0 amide bonds. The van der Waals surface area contributed by atoms with Gasteiger partial charge in [-0.05, 0) is 20.3 Å². The summed E-state index contributed by atoms with van der Waals surface area (Å²) >= 11 is 7.85. The van der Waals surface area contributed by atoms with Crippen LogP contribution in [0.2, 0.25) is 5.02 Å². The number of rotatable bonds is 5. The van der Waals surface area contributed by atoms with Crippen molar-refractivity contribution in [3.8, 4) is 0 Å². The molecule has 0 fully saturated rings. The van der Waals surface area contributed by atoms with Crippen molar-refractivity contribution in [1.29, 1.82) is 0 Å². The third-order valence-corrected chi connectivity index (χ3v) is 4.50. The van der Waals surface area contributed by atoms with Crippen molar-refractivity contribution >= 4 is 22.9 Å². The molecule has 0 aliphatic rings. The molecule has 0 spiro atoms. The second-order valence-corrected chi connectivity index (χ2v) is 6.02. The van der Waals surface area contributed by atoms with Crippen molar-refractivity contribution in [2.24, 2.45) is 0 Å². The molecule has 1 atom stereocenters. The van der Waals surface area contributed by atoms with Gasteiger partial charge in [-0.1, -0.05) is 18.5 Å². The molecular weight excluding hydrogens is 282 g/mol. The Morgan fingerprint density at radius 2 is 2.21 bits per heavy atom. The highest BCUT2D eigenvalue weighted by molar-refractivity contribution is 7.11. The molecule has 2 aromatic rings. The standard InChI is InChI=1S/C13H18ClN3OS/c1-4-9-13(14)10(17(5-2)16-9)6-11(18)12-7-15-8(3)19-12/h7,11,18H,4-6H2,1-3H3. The van der Waals surface area contributed by atoms with E-state index in [0.29, 0.717) is 11.4 Å². The van der Waals surface area contributed by atoms with Crippen molar-refractivity contribution in [2.75, 3.05) is 0 Å². The number of aryl methyl sites for hydroxylation is 3. The highest BCUT2D eigenvalue weighted by atomic mass is 35.5. The van der Waals surface area contributed by atoms with Crippen molar-refractivity contribution in [3.63, 3.8) is 0 Å². The van der Waals surface area contributed by atoms with Gasteiger partial charge in [-0.2, -0.15) is 5.10 Å². The molecule has 0 bridgehead atoms. The lowest BCUT2D eigenvalue weighted by Gasteiger charge is -2.10. The van der Waals surface area contributed by atoms with Gasteiger partial charge in [0.25, 0.3) is 0 Å². The summed E-state index contributed by atoms with van der Waals surface area (Å²) in [5.41, 5.74) is 1.80. The maximum Gasteiger partial charge on any atom is 0.0953 e. The third kappa shape index (κ3) is 2.99. The van der Waals surface area contributed by atoms with Gasteiger partial charge in [0.2, 0.25) is 0 Å². The van der Waals surface area contributed by atoms with Gasteiger partial charge in [0.05, 0.1) is 32.4 Å². The number of aliphatic hydroxyl groups is 1. The quantitative estimate of drug-likeness (QED) is 0.922. The fourth-order valence-electron chi connectivity index (χ4n) is 2.03. The van der Waals surface area contributed by atoms with Gasteiger partial charge < -0.3 is 5.11 Å². The van der Waals surface area contributed by atoms with Crippen LogP contribution in [0.3, 0.4) is 0 Å². The fraction of sp³-hybridized carbons (Fsp3) is 0.538. The number of nitrogens with zero attached hydrogens (tertiary/aromatic N) is 3. The van der Waals surface area contributed by atoms with Gasteiger partial charge in [-0.3, -0.25) is 4.68 Å². The molecule has 0 saturated carbocycles. The van der Waals surface area contributed by atoms with Crippen LogP contribution in [0, 0.1) is 6.92 Å². The minimum atomic E-state index is -0.574. The normalized spacial score (nSPS) is 12.9. The van der Waals surface area contributed by atoms with Crippen molar-refractivity contribution < 1.29 is 5.11 Å². The summed E-state index contributed by atoms with van der Waals surface area (Å²) in [6, 6.07) is 0. The molecule has 0 aromatic carbocycles. The highest BCUT2D eigenvalue weighted by Gasteiger charge is 2.19. The van der Waals surface area contributed by atoms with Crippen LogP contribution in [0.1, 0.15) is 41.2 Å². The zero-order chi connectivity index (χ0) is 14.0. The molecule has 6 heteroatoms. The molecule has 0 aliphatic carbocycles. The van der Waals surface area contributed by atoms with Gasteiger partial charge in [-0.25, -0.2) is 4.98 Å². The van der Waals surface area contributed by atoms with E-state index in [4.69, 9.17) is 11.6 Å². The third-order valence-electron chi connectivity index (χ3n) is 3.05. The lowest BCUT2D eigenvalue weighted by atomic mass is 10.1. The first-order chi connectivity index (χ1) is 9.06. The number of hydrogen-bond acceptors (Lipinski definition) is 4. The zero-order valence-electron chi connectivity index (χ0n) is 11.4. The van der Waals surface area contributed by atoms with E-state index in [1.165, 1.54) is 11.3 Å². The first kappa shape index (κ1) is 14.5. The summed E-state index contributed by atoms with van der Waals surface area (Å²) in [4.78, 5) is 5.04. The number of aromatic nitrogens is 3. The van der Waals surface area contributed by atoms with Gasteiger partial charge >= 0.3 is 0 Å². The molecule has 19 heavy (non-hydrogen) atoms. The zero-order valence-corrected chi connectivity index (χ0v) is 12.9. The maximum atomic E-state index is 10.3. The van der Waals surface area contributed by atoms with Crippen LogP contribution in [0.15, 0.2) is 6.20 Å². The molecular formula is C13H18ClN3OS. The average Bonchev–Trinajstić information content (AvgIpc) is 2.95. The Hall–Kier alpha value is -0.910. The largest absolute Gasteiger partial charge is 0.387 e. The van der Waals surface area contributed by atoms with E-state index in [9.17, 15) is 5.11 Å².